The van der Waals surface area contributed by atoms with Gasteiger partial charge in [0.2, 0.25) is 11.8 Å². The van der Waals surface area contributed by atoms with E-state index in [1.807, 2.05) is 0 Å². The molecule has 0 unspecified atom stereocenters. The molecule has 6 N–H and O–H groups in total. The third-order valence-electron chi connectivity index (χ3n) is 2.57. The maximum absolute atomic E-state index is 11.9. The maximum atomic E-state index is 11.9. The number of carbonyl (C=O) groups excluding carboxylic acids is 2. The van der Waals surface area contributed by atoms with Gasteiger partial charge in [0.15, 0.2) is 0 Å². The molecule has 0 saturated carbocycles. The lowest BCUT2D eigenvalue weighted by atomic mass is 9.85. The van der Waals surface area contributed by atoms with Gasteiger partial charge < -0.3 is 26.4 Å². The van der Waals surface area contributed by atoms with Crippen LogP contribution in [-0.2, 0) is 9.59 Å². The lowest BCUT2D eigenvalue weighted by Crippen LogP contribution is -2.45. The summed E-state index contributed by atoms with van der Waals surface area (Å²) in [5.41, 5.74) is 10.7. The van der Waals surface area contributed by atoms with Crippen LogP contribution < -0.4 is 11.5 Å². The molecule has 0 fully saturated rings. The molecule has 0 saturated heterocycles. The van der Waals surface area contributed by atoms with Crippen molar-refractivity contribution in [1.82, 2.24) is 4.90 Å². The summed E-state index contributed by atoms with van der Waals surface area (Å²) in [6, 6.07) is -0.859. The van der Waals surface area contributed by atoms with Crippen molar-refractivity contribution in [1.29, 1.82) is 0 Å². The second-order valence-corrected chi connectivity index (χ2v) is 3.89. The van der Waals surface area contributed by atoms with Crippen LogP contribution in [0.15, 0.2) is 11.7 Å². The van der Waals surface area contributed by atoms with Crippen molar-refractivity contribution in [2.24, 2.45) is 11.5 Å². The van der Waals surface area contributed by atoms with Crippen LogP contribution in [-0.4, -0.2) is 46.5 Å². The van der Waals surface area contributed by atoms with E-state index in [9.17, 15) is 9.59 Å². The maximum Gasteiger partial charge on any atom is 0.505 e. The van der Waals surface area contributed by atoms with E-state index in [0.717, 1.165) is 0 Å². The summed E-state index contributed by atoms with van der Waals surface area (Å²) in [5.74, 6) is -0.948. The number of nitrogens with two attached hydrogens (primary N) is 2. The predicted molar refractivity (Wildman–Crippen MR) is 61.0 cm³/mol. The molecule has 0 aromatic rings. The van der Waals surface area contributed by atoms with Gasteiger partial charge in [-0.25, -0.2) is 0 Å². The van der Waals surface area contributed by atoms with E-state index in [1.165, 1.54) is 4.90 Å². The van der Waals surface area contributed by atoms with Gasteiger partial charge in [0.05, 0.1) is 6.04 Å². The first-order valence-electron chi connectivity index (χ1n) is 5.35. The first-order chi connectivity index (χ1) is 7.93. The van der Waals surface area contributed by atoms with Gasteiger partial charge in [-0.15, -0.1) is 0 Å². The van der Waals surface area contributed by atoms with E-state index >= 15 is 0 Å². The highest BCUT2D eigenvalue weighted by Gasteiger charge is 2.32. The van der Waals surface area contributed by atoms with E-state index in [1.54, 1.807) is 6.08 Å². The van der Waals surface area contributed by atoms with Gasteiger partial charge in [-0.05, 0) is 12.8 Å². The first-order valence-corrected chi connectivity index (χ1v) is 5.35. The van der Waals surface area contributed by atoms with Gasteiger partial charge >= 0.3 is 7.12 Å². The standard InChI is InChI=1S/C9H16BN3O4/c11-6(3-4-8(12)14)9(15)13-5-1-2-7(13)10(16)17/h2,6,16-17H,1,3-5,11H2,(H2,12,14)/t6-/m0/s1. The average Bonchev–Trinajstić information content (AvgIpc) is 2.73. The molecule has 1 aliphatic heterocycles. The fraction of sp³-hybridized carbons (Fsp3) is 0.556. The van der Waals surface area contributed by atoms with Crippen LogP contribution in [0.5, 0.6) is 0 Å². The second kappa shape index (κ2) is 5.81. The van der Waals surface area contributed by atoms with E-state index in [4.69, 9.17) is 21.5 Å². The Kier molecular flexibility index (Phi) is 4.67. The zero-order valence-corrected chi connectivity index (χ0v) is 9.37. The molecule has 1 aliphatic rings. The van der Waals surface area contributed by atoms with Crippen LogP contribution in [0, 0.1) is 0 Å². The average molecular weight is 241 g/mol. The van der Waals surface area contributed by atoms with Crippen LogP contribution in [0.25, 0.3) is 0 Å². The van der Waals surface area contributed by atoms with Crippen molar-refractivity contribution in [2.45, 2.75) is 25.3 Å². The molecular formula is C9H16BN3O4. The van der Waals surface area contributed by atoms with Gasteiger partial charge in [0.1, 0.15) is 0 Å². The molecular weight excluding hydrogens is 225 g/mol. The highest BCUT2D eigenvalue weighted by molar-refractivity contribution is 6.51. The number of amides is 2. The minimum atomic E-state index is -1.69. The van der Waals surface area contributed by atoms with Crippen LogP contribution in [0.2, 0.25) is 0 Å². The molecule has 0 aliphatic carbocycles. The van der Waals surface area contributed by atoms with Crippen LogP contribution in [0.3, 0.4) is 0 Å². The van der Waals surface area contributed by atoms with E-state index in [2.05, 4.69) is 0 Å². The van der Waals surface area contributed by atoms with Crippen molar-refractivity contribution < 1.29 is 19.6 Å². The predicted octanol–water partition coefficient (Wildman–Crippen LogP) is -2.29. The number of hydrogen-bond donors (Lipinski definition) is 4. The SMILES string of the molecule is NC(=O)CC[C@H](N)C(=O)N1CCC=C1B(O)O. The van der Waals surface area contributed by atoms with Crippen LogP contribution in [0.1, 0.15) is 19.3 Å². The zero-order chi connectivity index (χ0) is 13.0. The molecule has 1 rings (SSSR count). The number of nitrogens with zero attached hydrogens (tertiary/aromatic N) is 1. The van der Waals surface area contributed by atoms with Crippen molar-refractivity contribution in [3.63, 3.8) is 0 Å². The summed E-state index contributed by atoms with van der Waals surface area (Å²) >= 11 is 0. The number of rotatable bonds is 5. The smallest absolute Gasteiger partial charge is 0.422 e. The Labute approximate surface area is 99.2 Å². The van der Waals surface area contributed by atoms with Gasteiger partial charge in [-0.2, -0.15) is 0 Å². The normalized spacial score (nSPS) is 16.6. The number of primary amides is 1. The Hall–Kier alpha value is -1.38. The van der Waals surface area contributed by atoms with Crippen LogP contribution >= 0.6 is 0 Å². The highest BCUT2D eigenvalue weighted by Crippen LogP contribution is 2.17. The number of hydrogen-bond acceptors (Lipinski definition) is 5. The number of carbonyl (C=O) groups is 2. The van der Waals surface area contributed by atoms with Gasteiger partial charge in [0, 0.05) is 18.6 Å². The Bertz CT molecular complexity index is 345. The minimum Gasteiger partial charge on any atom is -0.422 e. The molecule has 0 bridgehead atoms. The summed E-state index contributed by atoms with van der Waals surface area (Å²) in [6.45, 7) is 0.371. The second-order valence-electron chi connectivity index (χ2n) is 3.89. The summed E-state index contributed by atoms with van der Waals surface area (Å²) < 4.78 is 0. The Morgan fingerprint density at radius 1 is 1.53 bits per heavy atom. The fourth-order valence-corrected chi connectivity index (χ4v) is 1.68. The molecule has 1 atom stereocenters. The molecule has 0 radical (unpaired) electrons. The third kappa shape index (κ3) is 3.55. The molecule has 8 heteroatoms. The van der Waals surface area contributed by atoms with E-state index < -0.39 is 25.0 Å². The van der Waals surface area contributed by atoms with Crippen molar-refractivity contribution >= 4 is 18.9 Å². The van der Waals surface area contributed by atoms with Gasteiger partial charge in [0.25, 0.3) is 0 Å². The Balaban J connectivity index is 2.58. The van der Waals surface area contributed by atoms with Crippen molar-refractivity contribution in [3.8, 4) is 0 Å². The van der Waals surface area contributed by atoms with E-state index in [-0.39, 0.29) is 18.4 Å². The molecule has 7 nitrogen and oxygen atoms in total. The molecule has 94 valence electrons. The topological polar surface area (TPSA) is 130 Å². The Morgan fingerprint density at radius 2 is 2.18 bits per heavy atom. The summed E-state index contributed by atoms with van der Waals surface area (Å²) in [5, 5.41) is 18.1. The summed E-state index contributed by atoms with van der Waals surface area (Å²) in [6.07, 6.45) is 2.31. The fourth-order valence-electron chi connectivity index (χ4n) is 1.68. The minimum absolute atomic E-state index is 0.0292. The third-order valence-corrected chi connectivity index (χ3v) is 2.57. The van der Waals surface area contributed by atoms with E-state index in [0.29, 0.717) is 13.0 Å². The summed E-state index contributed by atoms with van der Waals surface area (Å²) in [4.78, 5) is 23.7. The lowest BCUT2D eigenvalue weighted by Gasteiger charge is -2.23. The molecule has 0 aromatic heterocycles. The molecule has 0 aromatic carbocycles. The highest BCUT2D eigenvalue weighted by atomic mass is 16.4. The molecule has 0 spiro atoms. The molecule has 1 heterocycles. The summed E-state index contributed by atoms with van der Waals surface area (Å²) in [7, 11) is -1.69. The molecule has 17 heavy (non-hydrogen) atoms. The van der Waals surface area contributed by atoms with Gasteiger partial charge in [-0.1, -0.05) is 6.08 Å². The zero-order valence-electron chi connectivity index (χ0n) is 9.37. The lowest BCUT2D eigenvalue weighted by molar-refractivity contribution is -0.130. The largest absolute Gasteiger partial charge is 0.505 e. The van der Waals surface area contributed by atoms with Crippen molar-refractivity contribution in [2.75, 3.05) is 6.54 Å². The Morgan fingerprint density at radius 3 is 2.71 bits per heavy atom. The van der Waals surface area contributed by atoms with Gasteiger partial charge in [-0.3, -0.25) is 9.59 Å². The molecule has 2 amide bonds. The van der Waals surface area contributed by atoms with Crippen LogP contribution in [0.4, 0.5) is 0 Å². The quantitative estimate of drug-likeness (QED) is 0.402. The first kappa shape index (κ1) is 13.7. The van der Waals surface area contributed by atoms with Crippen molar-refractivity contribution in [3.05, 3.63) is 11.7 Å². The monoisotopic (exact) mass is 241 g/mol.